The Kier molecular flexibility index (Phi) is 3.42. The number of benzene rings is 1. The Morgan fingerprint density at radius 3 is 2.62 bits per heavy atom. The van der Waals surface area contributed by atoms with Crippen molar-refractivity contribution in [1.29, 1.82) is 0 Å². The Hall–Kier alpha value is -1.54. The van der Waals surface area contributed by atoms with Crippen molar-refractivity contribution in [3.8, 4) is 0 Å². The summed E-state index contributed by atoms with van der Waals surface area (Å²) in [4.78, 5) is 0. The molecule has 1 aromatic heterocycles. The van der Waals surface area contributed by atoms with Gasteiger partial charge in [0.05, 0.1) is 12.3 Å². The first kappa shape index (κ1) is 11.0. The summed E-state index contributed by atoms with van der Waals surface area (Å²) in [6.07, 6.45) is 2.75. The second kappa shape index (κ2) is 4.99. The van der Waals surface area contributed by atoms with Gasteiger partial charge in [-0.1, -0.05) is 31.2 Å². The van der Waals surface area contributed by atoms with Gasteiger partial charge >= 0.3 is 0 Å². The quantitative estimate of drug-likeness (QED) is 0.847. The Balaban J connectivity index is 2.41. The number of hydrogen-bond donors (Lipinski definition) is 1. The van der Waals surface area contributed by atoms with E-state index in [9.17, 15) is 0 Å². The van der Waals surface area contributed by atoms with Crippen molar-refractivity contribution >= 4 is 0 Å². The number of nitrogens with one attached hydrogen (secondary N) is 1. The molecule has 84 valence electrons. The Morgan fingerprint density at radius 2 is 2.00 bits per heavy atom. The summed E-state index contributed by atoms with van der Waals surface area (Å²) in [5.41, 5.74) is 2.65. The largest absolute Gasteiger partial charge is 0.467 e. The van der Waals surface area contributed by atoms with Gasteiger partial charge in [-0.25, -0.2) is 0 Å². The lowest BCUT2D eigenvalue weighted by Gasteiger charge is -2.17. The van der Waals surface area contributed by atoms with Crippen LogP contribution in [0.15, 0.2) is 47.1 Å². The molecule has 0 amide bonds. The fourth-order valence-corrected chi connectivity index (χ4v) is 2.04. The third-order valence-electron chi connectivity index (χ3n) is 2.86. The highest BCUT2D eigenvalue weighted by atomic mass is 16.3. The molecule has 0 saturated heterocycles. The van der Waals surface area contributed by atoms with Crippen molar-refractivity contribution in [2.75, 3.05) is 7.05 Å². The molecule has 1 atom stereocenters. The van der Waals surface area contributed by atoms with Crippen LogP contribution in [0.3, 0.4) is 0 Å². The van der Waals surface area contributed by atoms with Gasteiger partial charge in [-0.3, -0.25) is 0 Å². The van der Waals surface area contributed by atoms with Crippen molar-refractivity contribution in [3.05, 3.63) is 59.5 Å². The van der Waals surface area contributed by atoms with Crippen molar-refractivity contribution in [3.63, 3.8) is 0 Å². The first-order valence-electron chi connectivity index (χ1n) is 5.65. The van der Waals surface area contributed by atoms with E-state index in [-0.39, 0.29) is 6.04 Å². The van der Waals surface area contributed by atoms with Gasteiger partial charge in [-0.2, -0.15) is 0 Å². The molecule has 2 nitrogen and oxygen atoms in total. The monoisotopic (exact) mass is 215 g/mol. The van der Waals surface area contributed by atoms with Crippen molar-refractivity contribution in [1.82, 2.24) is 5.32 Å². The summed E-state index contributed by atoms with van der Waals surface area (Å²) < 4.78 is 5.48. The van der Waals surface area contributed by atoms with Crippen LogP contribution in [-0.4, -0.2) is 7.05 Å². The van der Waals surface area contributed by atoms with Crippen molar-refractivity contribution in [2.45, 2.75) is 19.4 Å². The van der Waals surface area contributed by atoms with Crippen LogP contribution >= 0.6 is 0 Å². The van der Waals surface area contributed by atoms with E-state index >= 15 is 0 Å². The highest BCUT2D eigenvalue weighted by Crippen LogP contribution is 2.25. The van der Waals surface area contributed by atoms with Gasteiger partial charge in [0.25, 0.3) is 0 Å². The number of aryl methyl sites for hydroxylation is 1. The molecule has 1 heterocycles. The minimum absolute atomic E-state index is 0.145. The topological polar surface area (TPSA) is 25.2 Å². The average molecular weight is 215 g/mol. The molecule has 0 bridgehead atoms. The molecular formula is C14H17NO. The van der Waals surface area contributed by atoms with Gasteiger partial charge in [0, 0.05) is 0 Å². The summed E-state index contributed by atoms with van der Waals surface area (Å²) in [7, 11) is 1.96. The number of rotatable bonds is 4. The van der Waals surface area contributed by atoms with Crippen LogP contribution in [0, 0.1) is 0 Å². The maximum atomic E-state index is 5.48. The van der Waals surface area contributed by atoms with E-state index in [2.05, 4.69) is 36.5 Å². The second-order valence-electron chi connectivity index (χ2n) is 3.79. The first-order chi connectivity index (χ1) is 7.86. The third-order valence-corrected chi connectivity index (χ3v) is 2.86. The van der Waals surface area contributed by atoms with Gasteiger partial charge in [0.1, 0.15) is 5.76 Å². The normalized spacial score (nSPS) is 12.6. The molecule has 2 aromatic rings. The van der Waals surface area contributed by atoms with Crippen LogP contribution in [-0.2, 0) is 6.42 Å². The lowest BCUT2D eigenvalue weighted by molar-refractivity contribution is 0.462. The Labute approximate surface area is 96.3 Å². The van der Waals surface area contributed by atoms with E-state index in [1.54, 1.807) is 6.26 Å². The predicted octanol–water partition coefficient (Wildman–Crippen LogP) is 3.15. The van der Waals surface area contributed by atoms with Gasteiger partial charge in [-0.15, -0.1) is 0 Å². The Morgan fingerprint density at radius 1 is 1.19 bits per heavy atom. The zero-order valence-corrected chi connectivity index (χ0v) is 9.73. The van der Waals surface area contributed by atoms with E-state index in [1.807, 2.05) is 19.2 Å². The molecule has 0 saturated carbocycles. The molecule has 1 unspecified atom stereocenters. The smallest absolute Gasteiger partial charge is 0.125 e. The molecular weight excluding hydrogens is 198 g/mol. The molecule has 0 aliphatic carbocycles. The van der Waals surface area contributed by atoms with Crippen LogP contribution in [0.4, 0.5) is 0 Å². The van der Waals surface area contributed by atoms with Crippen LogP contribution in [0.1, 0.15) is 29.9 Å². The van der Waals surface area contributed by atoms with Gasteiger partial charge in [-0.05, 0) is 36.7 Å². The molecule has 0 spiro atoms. The highest BCUT2D eigenvalue weighted by Gasteiger charge is 2.16. The van der Waals surface area contributed by atoms with Gasteiger partial charge < -0.3 is 9.73 Å². The molecule has 2 rings (SSSR count). The fraction of sp³-hybridized carbons (Fsp3) is 0.286. The predicted molar refractivity (Wildman–Crippen MR) is 65.4 cm³/mol. The van der Waals surface area contributed by atoms with E-state index in [0.717, 1.165) is 12.2 Å². The van der Waals surface area contributed by atoms with E-state index in [1.165, 1.54) is 11.1 Å². The first-order valence-corrected chi connectivity index (χ1v) is 5.65. The molecule has 1 aromatic carbocycles. The summed E-state index contributed by atoms with van der Waals surface area (Å²) in [6.45, 7) is 2.17. The molecule has 0 radical (unpaired) electrons. The molecule has 0 aliphatic heterocycles. The van der Waals surface area contributed by atoms with E-state index in [0.29, 0.717) is 0 Å². The molecule has 1 N–H and O–H groups in total. The van der Waals surface area contributed by atoms with Gasteiger partial charge in [0.15, 0.2) is 0 Å². The van der Waals surface area contributed by atoms with Crippen molar-refractivity contribution in [2.24, 2.45) is 0 Å². The standard InChI is InChI=1S/C14H17NO/c1-3-11-7-4-5-8-12(11)14(15-2)13-9-6-10-16-13/h4-10,14-15H,3H2,1-2H3. The van der Waals surface area contributed by atoms with E-state index in [4.69, 9.17) is 4.42 Å². The lowest BCUT2D eigenvalue weighted by atomic mass is 9.97. The van der Waals surface area contributed by atoms with Crippen LogP contribution in [0.2, 0.25) is 0 Å². The zero-order chi connectivity index (χ0) is 11.4. The van der Waals surface area contributed by atoms with Crippen LogP contribution in [0.5, 0.6) is 0 Å². The molecule has 16 heavy (non-hydrogen) atoms. The van der Waals surface area contributed by atoms with Crippen LogP contribution < -0.4 is 5.32 Å². The summed E-state index contributed by atoms with van der Waals surface area (Å²) in [5.74, 6) is 0.961. The molecule has 0 fully saturated rings. The summed E-state index contributed by atoms with van der Waals surface area (Å²) in [6, 6.07) is 12.6. The summed E-state index contributed by atoms with van der Waals surface area (Å²) in [5, 5.41) is 3.30. The van der Waals surface area contributed by atoms with Gasteiger partial charge in [0.2, 0.25) is 0 Å². The number of hydrogen-bond acceptors (Lipinski definition) is 2. The SMILES string of the molecule is CCc1ccccc1C(NC)c1ccco1. The number of furan rings is 1. The maximum absolute atomic E-state index is 5.48. The third kappa shape index (κ3) is 2.02. The average Bonchev–Trinajstić information content (AvgIpc) is 2.84. The maximum Gasteiger partial charge on any atom is 0.125 e. The minimum atomic E-state index is 0.145. The van der Waals surface area contributed by atoms with Crippen LogP contribution in [0.25, 0.3) is 0 Å². The summed E-state index contributed by atoms with van der Waals surface area (Å²) >= 11 is 0. The highest BCUT2D eigenvalue weighted by molar-refractivity contribution is 5.34. The molecule has 2 heteroatoms. The Bertz CT molecular complexity index is 434. The second-order valence-corrected chi connectivity index (χ2v) is 3.79. The van der Waals surface area contributed by atoms with E-state index < -0.39 is 0 Å². The zero-order valence-electron chi connectivity index (χ0n) is 9.73. The molecule has 0 aliphatic rings. The lowest BCUT2D eigenvalue weighted by Crippen LogP contribution is -2.18. The fourth-order valence-electron chi connectivity index (χ4n) is 2.04. The van der Waals surface area contributed by atoms with Crippen molar-refractivity contribution < 1.29 is 4.42 Å². The minimum Gasteiger partial charge on any atom is -0.467 e.